The molecule has 0 atom stereocenters. The maximum absolute atomic E-state index is 13.5. The fourth-order valence-electron chi connectivity index (χ4n) is 6.33. The van der Waals surface area contributed by atoms with Crippen LogP contribution in [0.2, 0.25) is 16.6 Å². The van der Waals surface area contributed by atoms with E-state index < -0.39 is 19.8 Å². The average Bonchev–Trinajstić information content (AvgIpc) is 3.00. The SMILES string of the molecule is CC(C)[Si](C#Cc1cc(-c2ccc(N(C)C)cc2)c(C#Cc2ccccc2)cc1-c1ccc(C(F)(F)F)cc1)(C(C)C)C(C)C. The molecule has 1 nitrogen and oxygen atoms in total. The Kier molecular flexibility index (Phi) is 10.4. The van der Waals surface area contributed by atoms with Crippen molar-refractivity contribution in [1.82, 2.24) is 0 Å². The fourth-order valence-corrected chi connectivity index (χ4v) is 11.5. The lowest BCUT2D eigenvalue weighted by Gasteiger charge is -2.38. The number of benzene rings is 4. The third-order valence-corrected chi connectivity index (χ3v) is 15.1. The van der Waals surface area contributed by atoms with Gasteiger partial charge in [-0.05, 0) is 87.4 Å². The van der Waals surface area contributed by atoms with Crippen molar-refractivity contribution in [3.63, 3.8) is 0 Å². The lowest BCUT2D eigenvalue weighted by Crippen LogP contribution is -2.43. The fraction of sp³-hybridized carbons (Fsp3) is 0.300. The van der Waals surface area contributed by atoms with Gasteiger partial charge in [-0.2, -0.15) is 13.2 Å². The van der Waals surface area contributed by atoms with E-state index in [0.717, 1.165) is 51.2 Å². The van der Waals surface area contributed by atoms with Crippen LogP contribution in [0.1, 0.15) is 63.8 Å². The van der Waals surface area contributed by atoms with E-state index in [9.17, 15) is 13.2 Å². The van der Waals surface area contributed by atoms with Crippen molar-refractivity contribution in [3.05, 3.63) is 113 Å². The Morgan fingerprint density at radius 2 is 1.07 bits per heavy atom. The Labute approximate surface area is 268 Å². The van der Waals surface area contributed by atoms with Crippen LogP contribution in [-0.2, 0) is 6.18 Å². The Balaban J connectivity index is 2.04. The highest BCUT2D eigenvalue weighted by Crippen LogP contribution is 2.41. The summed E-state index contributed by atoms with van der Waals surface area (Å²) < 4.78 is 40.5. The highest BCUT2D eigenvalue weighted by atomic mass is 28.3. The van der Waals surface area contributed by atoms with Gasteiger partial charge in [0.2, 0.25) is 0 Å². The second kappa shape index (κ2) is 13.8. The lowest BCUT2D eigenvalue weighted by atomic mass is 9.90. The summed E-state index contributed by atoms with van der Waals surface area (Å²) in [6.45, 7) is 13.7. The molecule has 0 N–H and O–H groups in total. The summed E-state index contributed by atoms with van der Waals surface area (Å²) in [7, 11) is 1.91. The number of rotatable bonds is 6. The molecule has 0 aliphatic carbocycles. The minimum Gasteiger partial charge on any atom is -0.378 e. The molecule has 0 saturated carbocycles. The zero-order valence-electron chi connectivity index (χ0n) is 27.5. The molecule has 4 aromatic rings. The van der Waals surface area contributed by atoms with Crippen LogP contribution in [0.5, 0.6) is 0 Å². The zero-order chi connectivity index (χ0) is 32.9. The Bertz CT molecular complexity index is 1700. The number of anilines is 1. The molecule has 0 aliphatic rings. The Morgan fingerprint density at radius 3 is 1.51 bits per heavy atom. The molecule has 4 rings (SSSR count). The standard InChI is InChI=1S/C40H42F3NSi/c1-28(2)45(29(3)4,30(5)6)25-24-35-27-38(33-18-22-37(23-19-33)44(7)8)34(15-14-31-12-10-9-11-13-31)26-39(35)32-16-20-36(21-17-32)40(41,42)43/h9-13,16-23,26-30H,1-8H3. The van der Waals surface area contributed by atoms with E-state index >= 15 is 0 Å². The van der Waals surface area contributed by atoms with Gasteiger partial charge in [0, 0.05) is 36.5 Å². The molecule has 0 saturated heterocycles. The third kappa shape index (κ3) is 7.55. The monoisotopic (exact) mass is 621 g/mol. The topological polar surface area (TPSA) is 3.24 Å². The van der Waals surface area contributed by atoms with Crippen molar-refractivity contribution in [2.75, 3.05) is 19.0 Å². The van der Waals surface area contributed by atoms with Gasteiger partial charge in [-0.1, -0.05) is 102 Å². The smallest absolute Gasteiger partial charge is 0.378 e. The second-order valence-electron chi connectivity index (χ2n) is 12.7. The van der Waals surface area contributed by atoms with Crippen molar-refractivity contribution < 1.29 is 13.2 Å². The summed E-state index contributed by atoms with van der Waals surface area (Å²) >= 11 is 0. The summed E-state index contributed by atoms with van der Waals surface area (Å²) in [6.07, 6.45) is -4.41. The Morgan fingerprint density at radius 1 is 0.600 bits per heavy atom. The molecule has 5 heteroatoms. The minimum absolute atomic E-state index is 0.438. The van der Waals surface area contributed by atoms with Gasteiger partial charge in [0.05, 0.1) is 5.56 Å². The predicted molar refractivity (Wildman–Crippen MR) is 187 cm³/mol. The predicted octanol–water partition coefficient (Wildman–Crippen LogP) is 11.1. The van der Waals surface area contributed by atoms with Gasteiger partial charge in [-0.15, -0.1) is 5.54 Å². The molecule has 0 radical (unpaired) electrons. The van der Waals surface area contributed by atoms with Crippen molar-refractivity contribution in [2.24, 2.45) is 0 Å². The van der Waals surface area contributed by atoms with Crippen LogP contribution in [0, 0.1) is 23.3 Å². The van der Waals surface area contributed by atoms with Crippen LogP contribution in [0.4, 0.5) is 18.9 Å². The van der Waals surface area contributed by atoms with Crippen molar-refractivity contribution in [3.8, 4) is 45.6 Å². The van der Waals surface area contributed by atoms with E-state index in [1.807, 2.05) is 50.5 Å². The van der Waals surface area contributed by atoms with Crippen LogP contribution < -0.4 is 4.90 Å². The first-order valence-electron chi connectivity index (χ1n) is 15.5. The van der Waals surface area contributed by atoms with E-state index in [1.54, 1.807) is 12.1 Å². The van der Waals surface area contributed by atoms with Gasteiger partial charge < -0.3 is 4.90 Å². The summed E-state index contributed by atoms with van der Waals surface area (Å²) in [6, 6.07) is 27.6. The molecule has 0 amide bonds. The van der Waals surface area contributed by atoms with Crippen LogP contribution >= 0.6 is 0 Å². The number of alkyl halides is 3. The van der Waals surface area contributed by atoms with Gasteiger partial charge in [0.15, 0.2) is 0 Å². The van der Waals surface area contributed by atoms with E-state index in [-0.39, 0.29) is 0 Å². The number of hydrogen-bond acceptors (Lipinski definition) is 1. The first kappa shape index (κ1) is 33.7. The summed E-state index contributed by atoms with van der Waals surface area (Å²) in [4.78, 5) is 2.05. The minimum atomic E-state index is -4.41. The quantitative estimate of drug-likeness (QED) is 0.153. The van der Waals surface area contributed by atoms with Crippen LogP contribution in [0.15, 0.2) is 91.0 Å². The molecule has 0 bridgehead atoms. The first-order valence-corrected chi connectivity index (χ1v) is 17.7. The Hall–Kier alpha value is -4.19. The molecule has 0 heterocycles. The molecule has 0 unspecified atom stereocenters. The van der Waals surface area contributed by atoms with Gasteiger partial charge in [-0.25, -0.2) is 0 Å². The van der Waals surface area contributed by atoms with Crippen LogP contribution in [0.3, 0.4) is 0 Å². The van der Waals surface area contributed by atoms with Crippen LogP contribution in [-0.4, -0.2) is 22.2 Å². The second-order valence-corrected chi connectivity index (χ2v) is 18.3. The van der Waals surface area contributed by atoms with E-state index in [2.05, 4.69) is 100 Å². The molecule has 232 valence electrons. The van der Waals surface area contributed by atoms with Crippen molar-refractivity contribution in [1.29, 1.82) is 0 Å². The highest BCUT2D eigenvalue weighted by molar-refractivity contribution is 6.90. The largest absolute Gasteiger partial charge is 0.416 e. The number of halogens is 3. The highest BCUT2D eigenvalue weighted by Gasteiger charge is 2.41. The molecule has 4 aromatic carbocycles. The maximum atomic E-state index is 13.5. The normalized spacial score (nSPS) is 11.7. The van der Waals surface area contributed by atoms with E-state index in [1.165, 1.54) is 0 Å². The van der Waals surface area contributed by atoms with Crippen LogP contribution in [0.25, 0.3) is 22.3 Å². The molecule has 0 aromatic heterocycles. The van der Waals surface area contributed by atoms with Gasteiger partial charge >= 0.3 is 6.18 Å². The molecule has 0 aliphatic heterocycles. The van der Waals surface area contributed by atoms with E-state index in [0.29, 0.717) is 22.2 Å². The van der Waals surface area contributed by atoms with Crippen molar-refractivity contribution in [2.45, 2.75) is 64.3 Å². The first-order chi connectivity index (χ1) is 21.2. The number of hydrogen-bond donors (Lipinski definition) is 0. The van der Waals surface area contributed by atoms with Gasteiger partial charge in [-0.3, -0.25) is 0 Å². The third-order valence-electron chi connectivity index (χ3n) is 8.77. The van der Waals surface area contributed by atoms with E-state index in [4.69, 9.17) is 0 Å². The summed E-state index contributed by atoms with van der Waals surface area (Å²) in [5, 5.41) is 0. The zero-order valence-corrected chi connectivity index (χ0v) is 28.5. The lowest BCUT2D eigenvalue weighted by molar-refractivity contribution is -0.137. The molecular weight excluding hydrogens is 580 g/mol. The summed E-state index contributed by atoms with van der Waals surface area (Å²) in [5.41, 5.74) is 11.4. The molecule has 45 heavy (non-hydrogen) atoms. The average molecular weight is 622 g/mol. The molecule has 0 spiro atoms. The van der Waals surface area contributed by atoms with Gasteiger partial charge in [0.25, 0.3) is 0 Å². The number of nitrogens with zero attached hydrogens (tertiary/aromatic N) is 1. The van der Waals surface area contributed by atoms with Gasteiger partial charge in [0.1, 0.15) is 8.07 Å². The summed E-state index contributed by atoms with van der Waals surface area (Å²) in [5.74, 6) is 10.3. The molecule has 0 fully saturated rings. The molecular formula is C40H42F3NSi. The van der Waals surface area contributed by atoms with Crippen molar-refractivity contribution >= 4 is 13.8 Å². The maximum Gasteiger partial charge on any atom is 0.416 e.